The van der Waals surface area contributed by atoms with E-state index in [4.69, 9.17) is 4.74 Å². The average Bonchev–Trinajstić information content (AvgIpc) is 2.71. The number of ether oxygens (including phenoxy) is 1. The van der Waals surface area contributed by atoms with Crippen LogP contribution in [-0.2, 0) is 4.74 Å². The molecule has 0 aliphatic carbocycles. The van der Waals surface area contributed by atoms with Gasteiger partial charge in [0.05, 0.1) is 6.61 Å². The molecule has 1 N–H and O–H groups in total. The molecule has 0 aromatic carbocycles. The van der Waals surface area contributed by atoms with E-state index < -0.39 is 6.10 Å². The van der Waals surface area contributed by atoms with Crippen molar-refractivity contribution in [2.24, 2.45) is 0 Å². The maximum Gasteiger partial charge on any atom is 0.155 e. The van der Waals surface area contributed by atoms with Gasteiger partial charge in [-0.25, -0.2) is 0 Å². The predicted octanol–water partition coefficient (Wildman–Crippen LogP) is 1.27. The molecule has 1 aromatic rings. The topological polar surface area (TPSA) is 55.2 Å². The summed E-state index contributed by atoms with van der Waals surface area (Å²) < 4.78 is 9.00. The van der Waals surface area contributed by atoms with Crippen molar-refractivity contribution in [3.05, 3.63) is 22.9 Å². The highest BCUT2D eigenvalue weighted by atomic mass is 32.1. The lowest BCUT2D eigenvalue weighted by molar-refractivity contribution is 0.0894. The van der Waals surface area contributed by atoms with Crippen molar-refractivity contribution in [1.82, 2.24) is 9.59 Å². The van der Waals surface area contributed by atoms with E-state index in [1.54, 1.807) is 5.38 Å². The lowest BCUT2D eigenvalue weighted by atomic mass is 10.1. The Morgan fingerprint density at radius 2 is 2.54 bits per heavy atom. The molecule has 0 bridgehead atoms. The van der Waals surface area contributed by atoms with Crippen LogP contribution >= 0.6 is 11.5 Å². The van der Waals surface area contributed by atoms with Crippen LogP contribution in [0.2, 0.25) is 0 Å². The number of aliphatic hydroxyl groups is 1. The highest BCUT2D eigenvalue weighted by Crippen LogP contribution is 2.24. The predicted molar refractivity (Wildman–Crippen MR) is 48.1 cm³/mol. The number of hydrogen-bond acceptors (Lipinski definition) is 5. The van der Waals surface area contributed by atoms with E-state index in [1.807, 2.05) is 6.08 Å². The van der Waals surface area contributed by atoms with E-state index in [1.165, 1.54) is 11.5 Å². The largest absolute Gasteiger partial charge is 0.495 e. The zero-order chi connectivity index (χ0) is 9.10. The average molecular weight is 198 g/mol. The monoisotopic (exact) mass is 198 g/mol. The molecule has 1 unspecified atom stereocenters. The summed E-state index contributed by atoms with van der Waals surface area (Å²) in [4.78, 5) is 0. The van der Waals surface area contributed by atoms with Crippen LogP contribution in [-0.4, -0.2) is 21.3 Å². The van der Waals surface area contributed by atoms with Crippen molar-refractivity contribution >= 4 is 11.5 Å². The molecule has 1 aromatic heterocycles. The molecule has 0 saturated carbocycles. The van der Waals surface area contributed by atoms with Crippen LogP contribution in [0.4, 0.5) is 0 Å². The fraction of sp³-hybridized carbons (Fsp3) is 0.500. The Morgan fingerprint density at radius 1 is 1.62 bits per heavy atom. The summed E-state index contributed by atoms with van der Waals surface area (Å²) in [5.41, 5.74) is 0.568. The molecule has 2 heterocycles. The van der Waals surface area contributed by atoms with Gasteiger partial charge in [0.1, 0.15) is 11.5 Å². The van der Waals surface area contributed by atoms with Crippen molar-refractivity contribution < 1.29 is 9.84 Å². The van der Waals surface area contributed by atoms with Gasteiger partial charge in [-0.05, 0) is 30.5 Å². The molecule has 1 aliphatic rings. The molecule has 4 nitrogen and oxygen atoms in total. The maximum atomic E-state index is 9.75. The summed E-state index contributed by atoms with van der Waals surface area (Å²) in [7, 11) is 0. The van der Waals surface area contributed by atoms with Crippen LogP contribution in [0.3, 0.4) is 0 Å². The number of hydrogen-bond donors (Lipinski definition) is 1. The SMILES string of the molecule is OC(C1=CCCCO1)c1csnn1. The fourth-order valence-electron chi connectivity index (χ4n) is 1.20. The molecular formula is C8H10N2O2S. The Morgan fingerprint density at radius 3 is 3.15 bits per heavy atom. The van der Waals surface area contributed by atoms with Crippen LogP contribution in [0.1, 0.15) is 24.6 Å². The smallest absolute Gasteiger partial charge is 0.155 e. The number of rotatable bonds is 2. The molecule has 0 amide bonds. The van der Waals surface area contributed by atoms with Gasteiger partial charge in [-0.15, -0.1) is 5.10 Å². The third-order valence-corrected chi connectivity index (χ3v) is 2.41. The van der Waals surface area contributed by atoms with E-state index >= 15 is 0 Å². The second-order valence-corrected chi connectivity index (χ2v) is 3.44. The van der Waals surface area contributed by atoms with E-state index in [2.05, 4.69) is 9.59 Å². The highest BCUT2D eigenvalue weighted by molar-refractivity contribution is 7.03. The van der Waals surface area contributed by atoms with Crippen molar-refractivity contribution in [1.29, 1.82) is 0 Å². The van der Waals surface area contributed by atoms with Crippen LogP contribution < -0.4 is 0 Å². The number of aliphatic hydroxyl groups excluding tert-OH is 1. The molecule has 0 fully saturated rings. The summed E-state index contributed by atoms with van der Waals surface area (Å²) in [5, 5.41) is 15.3. The standard InChI is InChI=1S/C8H10N2O2S/c11-8(6-5-13-10-9-6)7-3-1-2-4-12-7/h3,5,8,11H,1-2,4H2. The Bertz CT molecular complexity index is 297. The Balaban J connectivity index is 2.12. The van der Waals surface area contributed by atoms with Gasteiger partial charge in [0.2, 0.25) is 0 Å². The molecule has 0 radical (unpaired) electrons. The Kier molecular flexibility index (Phi) is 2.56. The molecule has 70 valence electrons. The van der Waals surface area contributed by atoms with Gasteiger partial charge < -0.3 is 9.84 Å². The summed E-state index contributed by atoms with van der Waals surface area (Å²) in [6.07, 6.45) is 3.15. The van der Waals surface area contributed by atoms with Crippen molar-refractivity contribution in [2.75, 3.05) is 6.61 Å². The minimum Gasteiger partial charge on any atom is -0.495 e. The number of aromatic nitrogens is 2. The fourth-order valence-corrected chi connectivity index (χ4v) is 1.68. The second-order valence-electron chi connectivity index (χ2n) is 2.83. The summed E-state index contributed by atoms with van der Waals surface area (Å²) in [6, 6.07) is 0. The van der Waals surface area contributed by atoms with Crippen LogP contribution in [0, 0.1) is 0 Å². The summed E-state index contributed by atoms with van der Waals surface area (Å²) in [6.45, 7) is 0.681. The maximum absolute atomic E-state index is 9.75. The van der Waals surface area contributed by atoms with Gasteiger partial charge in [-0.3, -0.25) is 0 Å². The third-order valence-electron chi connectivity index (χ3n) is 1.89. The molecule has 5 heteroatoms. The number of nitrogens with zero attached hydrogens (tertiary/aromatic N) is 2. The van der Waals surface area contributed by atoms with Gasteiger partial charge in [-0.1, -0.05) is 4.49 Å². The highest BCUT2D eigenvalue weighted by Gasteiger charge is 2.18. The van der Waals surface area contributed by atoms with E-state index in [-0.39, 0.29) is 0 Å². The third kappa shape index (κ3) is 1.87. The van der Waals surface area contributed by atoms with Crippen LogP contribution in [0.25, 0.3) is 0 Å². The molecule has 0 saturated heterocycles. The van der Waals surface area contributed by atoms with Crippen LogP contribution in [0.15, 0.2) is 17.2 Å². The van der Waals surface area contributed by atoms with Crippen molar-refractivity contribution in [3.8, 4) is 0 Å². The van der Waals surface area contributed by atoms with Crippen molar-refractivity contribution in [3.63, 3.8) is 0 Å². The van der Waals surface area contributed by atoms with Gasteiger partial charge in [0.15, 0.2) is 6.10 Å². The summed E-state index contributed by atoms with van der Waals surface area (Å²) >= 11 is 1.23. The van der Waals surface area contributed by atoms with E-state index in [9.17, 15) is 5.11 Å². The lowest BCUT2D eigenvalue weighted by Crippen LogP contribution is -2.10. The zero-order valence-corrected chi connectivity index (χ0v) is 7.83. The first-order chi connectivity index (χ1) is 6.38. The van der Waals surface area contributed by atoms with Gasteiger partial charge >= 0.3 is 0 Å². The molecular weight excluding hydrogens is 188 g/mol. The first kappa shape index (κ1) is 8.65. The molecule has 1 aliphatic heterocycles. The Hall–Kier alpha value is -0.940. The minimum absolute atomic E-state index is 0.568. The van der Waals surface area contributed by atoms with E-state index in [0.29, 0.717) is 18.1 Å². The van der Waals surface area contributed by atoms with E-state index in [0.717, 1.165) is 12.8 Å². The summed E-state index contributed by atoms with van der Waals surface area (Å²) in [5.74, 6) is 0.610. The molecule has 2 rings (SSSR count). The normalized spacial score (nSPS) is 19.0. The van der Waals surface area contributed by atoms with Crippen molar-refractivity contribution in [2.45, 2.75) is 18.9 Å². The quantitative estimate of drug-likeness (QED) is 0.777. The first-order valence-corrected chi connectivity index (χ1v) is 4.99. The number of allylic oxidation sites excluding steroid dienone is 1. The molecule has 0 spiro atoms. The van der Waals surface area contributed by atoms with Gasteiger partial charge in [0.25, 0.3) is 0 Å². The van der Waals surface area contributed by atoms with Crippen LogP contribution in [0.5, 0.6) is 0 Å². The molecule has 13 heavy (non-hydrogen) atoms. The zero-order valence-electron chi connectivity index (χ0n) is 7.01. The van der Waals surface area contributed by atoms with Gasteiger partial charge in [0, 0.05) is 5.38 Å². The minimum atomic E-state index is -0.737. The van der Waals surface area contributed by atoms with Gasteiger partial charge in [-0.2, -0.15) is 0 Å². The lowest BCUT2D eigenvalue weighted by Gasteiger charge is -2.17. The Labute approximate surface area is 80.0 Å². The second kappa shape index (κ2) is 3.85. The first-order valence-electron chi connectivity index (χ1n) is 4.16. The molecule has 1 atom stereocenters.